The molecule has 24 heavy (non-hydrogen) atoms. The summed E-state index contributed by atoms with van der Waals surface area (Å²) >= 11 is 37.8. The minimum absolute atomic E-state index is 0.386. The predicted molar refractivity (Wildman–Crippen MR) is 107 cm³/mol. The number of hydrogen-bond donors (Lipinski definition) is 0. The van der Waals surface area contributed by atoms with Crippen molar-refractivity contribution in [2.24, 2.45) is 0 Å². The number of rotatable bonds is 2. The van der Waals surface area contributed by atoms with Crippen molar-refractivity contribution in [2.75, 3.05) is 0 Å². The molecular formula is C18H8Cl6. The molecule has 0 radical (unpaired) electrons. The first kappa shape index (κ1) is 18.2. The molecule has 0 saturated carbocycles. The van der Waals surface area contributed by atoms with E-state index in [0.717, 1.165) is 0 Å². The quantitative estimate of drug-likeness (QED) is 0.376. The average molecular weight is 437 g/mol. The summed E-state index contributed by atoms with van der Waals surface area (Å²) in [6, 6.07) is 14.0. The van der Waals surface area contributed by atoms with Crippen LogP contribution >= 0.6 is 69.6 Å². The van der Waals surface area contributed by atoms with Crippen LogP contribution in [0.2, 0.25) is 30.1 Å². The van der Waals surface area contributed by atoms with Gasteiger partial charge in [-0.25, -0.2) is 0 Å². The summed E-state index contributed by atoms with van der Waals surface area (Å²) in [6.07, 6.45) is 0. The first-order chi connectivity index (χ1) is 11.4. The molecule has 0 N–H and O–H groups in total. The van der Waals surface area contributed by atoms with Gasteiger partial charge >= 0.3 is 0 Å². The summed E-state index contributed by atoms with van der Waals surface area (Å²) in [6.45, 7) is 0. The second-order valence-electron chi connectivity index (χ2n) is 5.01. The van der Waals surface area contributed by atoms with Crippen LogP contribution in [0.5, 0.6) is 0 Å². The van der Waals surface area contributed by atoms with Crippen LogP contribution in [0.3, 0.4) is 0 Å². The van der Waals surface area contributed by atoms with Crippen molar-refractivity contribution in [2.45, 2.75) is 0 Å². The van der Waals surface area contributed by atoms with E-state index in [4.69, 9.17) is 69.6 Å². The lowest BCUT2D eigenvalue weighted by atomic mass is 9.98. The van der Waals surface area contributed by atoms with Crippen LogP contribution in [0, 0.1) is 0 Å². The maximum Gasteiger partial charge on any atom is 0.0671 e. The minimum atomic E-state index is 0.386. The molecule has 122 valence electrons. The lowest BCUT2D eigenvalue weighted by molar-refractivity contribution is 1.58. The highest BCUT2D eigenvalue weighted by atomic mass is 35.5. The van der Waals surface area contributed by atoms with E-state index < -0.39 is 0 Å². The van der Waals surface area contributed by atoms with Crippen LogP contribution in [-0.4, -0.2) is 0 Å². The van der Waals surface area contributed by atoms with Gasteiger partial charge in [0.2, 0.25) is 0 Å². The molecule has 3 aromatic carbocycles. The van der Waals surface area contributed by atoms with Crippen molar-refractivity contribution < 1.29 is 0 Å². The molecule has 0 nitrogen and oxygen atoms in total. The van der Waals surface area contributed by atoms with Crippen LogP contribution in [0.1, 0.15) is 0 Å². The topological polar surface area (TPSA) is 0 Å². The zero-order chi connectivity index (χ0) is 17.4. The van der Waals surface area contributed by atoms with E-state index in [0.29, 0.717) is 52.4 Å². The Bertz CT molecular complexity index is 933. The van der Waals surface area contributed by atoms with Gasteiger partial charge in [-0.3, -0.25) is 0 Å². The Kier molecular flexibility index (Phi) is 5.56. The SMILES string of the molecule is Clc1ccc(Cl)c(-c2ccc(Cl)c(-c3cccc(Cl)c3Cl)c2Cl)c1. The third-order valence-electron chi connectivity index (χ3n) is 3.53. The molecule has 0 aromatic heterocycles. The second kappa shape index (κ2) is 7.33. The monoisotopic (exact) mass is 434 g/mol. The first-order valence-electron chi connectivity index (χ1n) is 6.78. The largest absolute Gasteiger partial charge is 0.0843 e. The molecule has 0 unspecified atom stereocenters. The van der Waals surface area contributed by atoms with Gasteiger partial charge in [0.15, 0.2) is 0 Å². The summed E-state index contributed by atoms with van der Waals surface area (Å²) in [7, 11) is 0. The molecule has 0 aliphatic rings. The van der Waals surface area contributed by atoms with Gasteiger partial charge in [-0.15, -0.1) is 0 Å². The highest BCUT2D eigenvalue weighted by Gasteiger charge is 2.18. The van der Waals surface area contributed by atoms with Crippen molar-refractivity contribution in [1.82, 2.24) is 0 Å². The molecule has 0 amide bonds. The van der Waals surface area contributed by atoms with Gasteiger partial charge < -0.3 is 0 Å². The molecule has 3 aromatic rings. The lowest BCUT2D eigenvalue weighted by Gasteiger charge is -2.15. The van der Waals surface area contributed by atoms with E-state index in [1.807, 2.05) is 6.07 Å². The molecule has 0 bridgehead atoms. The highest BCUT2D eigenvalue weighted by Crippen LogP contribution is 2.46. The lowest BCUT2D eigenvalue weighted by Crippen LogP contribution is -1.89. The molecule has 0 fully saturated rings. The Labute approximate surface area is 169 Å². The van der Waals surface area contributed by atoms with Gasteiger partial charge in [0.05, 0.1) is 15.1 Å². The molecule has 0 aliphatic carbocycles. The zero-order valence-corrected chi connectivity index (χ0v) is 16.4. The van der Waals surface area contributed by atoms with Gasteiger partial charge in [0, 0.05) is 37.3 Å². The van der Waals surface area contributed by atoms with E-state index in [-0.39, 0.29) is 0 Å². The van der Waals surface area contributed by atoms with Gasteiger partial charge in [0.1, 0.15) is 0 Å². The number of halogens is 6. The Hall–Kier alpha value is -0.600. The smallest absolute Gasteiger partial charge is 0.0671 e. The fourth-order valence-corrected chi connectivity index (χ4v) is 3.87. The number of hydrogen-bond acceptors (Lipinski definition) is 0. The molecule has 6 heteroatoms. The Morgan fingerprint density at radius 3 is 1.96 bits per heavy atom. The van der Waals surface area contributed by atoms with Crippen LogP contribution in [0.25, 0.3) is 22.3 Å². The minimum Gasteiger partial charge on any atom is -0.0843 e. The maximum atomic E-state index is 6.64. The second-order valence-corrected chi connectivity index (χ2v) is 7.42. The normalized spacial score (nSPS) is 10.9. The van der Waals surface area contributed by atoms with Gasteiger partial charge in [0.25, 0.3) is 0 Å². The third-order valence-corrected chi connectivity index (χ3v) is 5.62. The average Bonchev–Trinajstić information content (AvgIpc) is 2.54. The van der Waals surface area contributed by atoms with Crippen LogP contribution in [0.4, 0.5) is 0 Å². The van der Waals surface area contributed by atoms with Gasteiger partial charge in [-0.05, 0) is 30.3 Å². The third kappa shape index (κ3) is 3.37. The molecule has 0 spiro atoms. The van der Waals surface area contributed by atoms with E-state index in [2.05, 4.69) is 0 Å². The van der Waals surface area contributed by atoms with E-state index in [1.165, 1.54) is 0 Å². The molecule has 0 atom stereocenters. The molecule has 0 aliphatic heterocycles. The fourth-order valence-electron chi connectivity index (χ4n) is 2.41. The summed E-state index contributed by atoms with van der Waals surface area (Å²) in [4.78, 5) is 0. The standard InChI is InChI=1S/C18H8Cl6/c19-9-4-6-13(20)12(8-9)10-5-7-14(21)16(18(10)24)11-2-1-3-15(22)17(11)23/h1-8H. The van der Waals surface area contributed by atoms with Crippen molar-refractivity contribution in [3.05, 3.63) is 78.7 Å². The fraction of sp³-hybridized carbons (Fsp3) is 0. The molecule has 0 saturated heterocycles. The van der Waals surface area contributed by atoms with Crippen LogP contribution < -0.4 is 0 Å². The Morgan fingerprint density at radius 2 is 1.21 bits per heavy atom. The van der Waals surface area contributed by atoms with Gasteiger partial charge in [-0.1, -0.05) is 87.8 Å². The highest BCUT2D eigenvalue weighted by molar-refractivity contribution is 6.46. The first-order valence-corrected chi connectivity index (χ1v) is 9.04. The van der Waals surface area contributed by atoms with Crippen molar-refractivity contribution in [3.63, 3.8) is 0 Å². The summed E-state index contributed by atoms with van der Waals surface area (Å²) in [5.41, 5.74) is 2.67. The van der Waals surface area contributed by atoms with Gasteiger partial charge in [-0.2, -0.15) is 0 Å². The summed E-state index contributed by atoms with van der Waals surface area (Å²) in [5, 5.41) is 2.79. The van der Waals surface area contributed by atoms with E-state index >= 15 is 0 Å². The molecule has 0 heterocycles. The maximum absolute atomic E-state index is 6.64. The number of benzene rings is 3. The van der Waals surface area contributed by atoms with Crippen molar-refractivity contribution in [3.8, 4) is 22.3 Å². The Morgan fingerprint density at radius 1 is 0.500 bits per heavy atom. The predicted octanol–water partition coefficient (Wildman–Crippen LogP) is 8.94. The summed E-state index contributed by atoms with van der Waals surface area (Å²) < 4.78 is 0. The Balaban J connectivity index is 2.30. The molecule has 3 rings (SSSR count). The van der Waals surface area contributed by atoms with Crippen LogP contribution in [-0.2, 0) is 0 Å². The van der Waals surface area contributed by atoms with E-state index in [1.54, 1.807) is 42.5 Å². The summed E-state index contributed by atoms with van der Waals surface area (Å²) in [5.74, 6) is 0. The van der Waals surface area contributed by atoms with Crippen molar-refractivity contribution >= 4 is 69.6 Å². The van der Waals surface area contributed by atoms with Crippen LogP contribution in [0.15, 0.2) is 48.5 Å². The van der Waals surface area contributed by atoms with Crippen molar-refractivity contribution in [1.29, 1.82) is 0 Å². The molecular weight excluding hydrogens is 429 g/mol. The zero-order valence-electron chi connectivity index (χ0n) is 11.9. The van der Waals surface area contributed by atoms with E-state index in [9.17, 15) is 0 Å².